The monoisotopic (exact) mass is 234 g/mol. The third kappa shape index (κ3) is 3.71. The van der Waals surface area contributed by atoms with E-state index in [1.54, 1.807) is 0 Å². The molecule has 1 atom stereocenters. The maximum atomic E-state index is 9.36. The summed E-state index contributed by atoms with van der Waals surface area (Å²) in [5.74, 6) is 1.48. The van der Waals surface area contributed by atoms with Crippen LogP contribution in [0.5, 0.6) is 0 Å². The van der Waals surface area contributed by atoms with E-state index < -0.39 is 0 Å². The smallest absolute Gasteiger partial charge is 0.0983 e. The Morgan fingerprint density at radius 2 is 1.65 bits per heavy atom. The summed E-state index contributed by atoms with van der Waals surface area (Å²) in [6.07, 6.45) is 11.8. The third-order valence-corrected chi connectivity index (χ3v) is 4.69. The summed E-state index contributed by atoms with van der Waals surface area (Å²) >= 11 is 0. The van der Waals surface area contributed by atoms with E-state index in [-0.39, 0.29) is 6.04 Å². The Balaban J connectivity index is 1.81. The molecule has 2 aliphatic rings. The van der Waals surface area contributed by atoms with Crippen molar-refractivity contribution in [3.8, 4) is 6.07 Å². The van der Waals surface area contributed by atoms with Gasteiger partial charge >= 0.3 is 0 Å². The lowest BCUT2D eigenvalue weighted by Crippen LogP contribution is -2.43. The minimum atomic E-state index is 0.116. The minimum absolute atomic E-state index is 0.116. The number of nitrogens with one attached hydrogen (secondary N) is 1. The first-order valence-corrected chi connectivity index (χ1v) is 7.45. The normalized spacial score (nSPS) is 32.9. The largest absolute Gasteiger partial charge is 0.299 e. The van der Waals surface area contributed by atoms with E-state index in [1.807, 2.05) is 0 Å². The van der Waals surface area contributed by atoms with E-state index in [0.29, 0.717) is 12.0 Å². The van der Waals surface area contributed by atoms with Gasteiger partial charge in [-0.2, -0.15) is 5.26 Å². The van der Waals surface area contributed by atoms with Crippen molar-refractivity contribution in [2.24, 2.45) is 11.8 Å². The standard InChI is InChI=1S/C15H26N2/c1-12-7-9-13(10-8-12)15(11-16)17-14-5-3-2-4-6-14/h12-15,17H,2-10H2,1H3. The van der Waals surface area contributed by atoms with Gasteiger partial charge in [-0.3, -0.25) is 5.32 Å². The Kier molecular flexibility index (Phi) is 4.86. The molecule has 2 nitrogen and oxygen atoms in total. The van der Waals surface area contributed by atoms with Gasteiger partial charge in [-0.1, -0.05) is 39.0 Å². The molecule has 0 saturated heterocycles. The Labute approximate surface area is 106 Å². The minimum Gasteiger partial charge on any atom is -0.299 e. The fourth-order valence-corrected chi connectivity index (χ4v) is 3.42. The van der Waals surface area contributed by atoms with Crippen LogP contribution in [-0.4, -0.2) is 12.1 Å². The second-order valence-electron chi connectivity index (χ2n) is 6.13. The van der Waals surface area contributed by atoms with Crippen LogP contribution in [0.4, 0.5) is 0 Å². The number of rotatable bonds is 3. The lowest BCUT2D eigenvalue weighted by molar-refractivity contribution is 0.233. The summed E-state index contributed by atoms with van der Waals surface area (Å²) < 4.78 is 0. The Bertz CT molecular complexity index is 255. The zero-order valence-corrected chi connectivity index (χ0v) is 11.1. The van der Waals surface area contributed by atoms with Crippen LogP contribution in [0.15, 0.2) is 0 Å². The van der Waals surface area contributed by atoms with Gasteiger partial charge in [0.05, 0.1) is 12.1 Å². The van der Waals surface area contributed by atoms with Gasteiger partial charge in [0.15, 0.2) is 0 Å². The van der Waals surface area contributed by atoms with Crippen molar-refractivity contribution in [2.75, 3.05) is 0 Å². The number of nitrogens with zero attached hydrogens (tertiary/aromatic N) is 1. The fraction of sp³-hybridized carbons (Fsp3) is 0.933. The van der Waals surface area contributed by atoms with Crippen molar-refractivity contribution in [1.82, 2.24) is 5.32 Å². The molecule has 0 spiro atoms. The molecule has 2 heteroatoms. The van der Waals surface area contributed by atoms with Gasteiger partial charge in [0.25, 0.3) is 0 Å². The quantitative estimate of drug-likeness (QED) is 0.809. The van der Waals surface area contributed by atoms with Gasteiger partial charge in [0.2, 0.25) is 0 Å². The molecular formula is C15H26N2. The van der Waals surface area contributed by atoms with Crippen molar-refractivity contribution in [2.45, 2.75) is 76.8 Å². The highest BCUT2D eigenvalue weighted by Gasteiger charge is 2.28. The first kappa shape index (κ1) is 12.9. The van der Waals surface area contributed by atoms with Gasteiger partial charge in [-0.05, 0) is 37.5 Å². The second-order valence-corrected chi connectivity index (χ2v) is 6.13. The average molecular weight is 234 g/mol. The van der Waals surface area contributed by atoms with E-state index in [1.165, 1.54) is 57.8 Å². The summed E-state index contributed by atoms with van der Waals surface area (Å²) in [6.45, 7) is 2.34. The van der Waals surface area contributed by atoms with Crippen LogP contribution in [0.2, 0.25) is 0 Å². The van der Waals surface area contributed by atoms with Crippen molar-refractivity contribution in [1.29, 1.82) is 5.26 Å². The summed E-state index contributed by atoms with van der Waals surface area (Å²) in [7, 11) is 0. The van der Waals surface area contributed by atoms with Crippen LogP contribution in [0.1, 0.15) is 64.7 Å². The van der Waals surface area contributed by atoms with Crippen LogP contribution < -0.4 is 5.32 Å². The van der Waals surface area contributed by atoms with Gasteiger partial charge in [0.1, 0.15) is 0 Å². The van der Waals surface area contributed by atoms with Gasteiger partial charge in [-0.15, -0.1) is 0 Å². The zero-order chi connectivity index (χ0) is 12.1. The number of hydrogen-bond donors (Lipinski definition) is 1. The summed E-state index contributed by atoms with van der Waals surface area (Å²) in [4.78, 5) is 0. The second kappa shape index (κ2) is 6.40. The molecule has 0 amide bonds. The number of nitriles is 1. The highest BCUT2D eigenvalue weighted by atomic mass is 15.0. The Morgan fingerprint density at radius 3 is 2.24 bits per heavy atom. The zero-order valence-electron chi connectivity index (χ0n) is 11.1. The highest BCUT2D eigenvalue weighted by Crippen LogP contribution is 2.31. The van der Waals surface area contributed by atoms with Crippen LogP contribution in [0.3, 0.4) is 0 Å². The van der Waals surface area contributed by atoms with Crippen molar-refractivity contribution in [3.05, 3.63) is 0 Å². The van der Waals surface area contributed by atoms with Gasteiger partial charge < -0.3 is 0 Å². The topological polar surface area (TPSA) is 35.8 Å². The molecule has 0 aromatic rings. The van der Waals surface area contributed by atoms with E-state index >= 15 is 0 Å². The Morgan fingerprint density at radius 1 is 1.00 bits per heavy atom. The van der Waals surface area contributed by atoms with Crippen molar-refractivity contribution >= 4 is 0 Å². The maximum Gasteiger partial charge on any atom is 0.0983 e. The molecule has 0 bridgehead atoms. The molecule has 0 radical (unpaired) electrons. The highest BCUT2D eigenvalue weighted by molar-refractivity contribution is 4.98. The molecule has 2 aliphatic carbocycles. The predicted octanol–water partition coefficient (Wildman–Crippen LogP) is 3.63. The van der Waals surface area contributed by atoms with Crippen molar-refractivity contribution in [3.63, 3.8) is 0 Å². The van der Waals surface area contributed by atoms with E-state index in [9.17, 15) is 5.26 Å². The molecule has 2 fully saturated rings. The number of hydrogen-bond acceptors (Lipinski definition) is 2. The molecule has 2 rings (SSSR count). The molecule has 0 aliphatic heterocycles. The lowest BCUT2D eigenvalue weighted by atomic mass is 9.79. The van der Waals surface area contributed by atoms with Gasteiger partial charge in [0, 0.05) is 6.04 Å². The lowest BCUT2D eigenvalue weighted by Gasteiger charge is -2.33. The van der Waals surface area contributed by atoms with Crippen molar-refractivity contribution < 1.29 is 0 Å². The summed E-state index contributed by atoms with van der Waals surface area (Å²) in [6, 6.07) is 3.26. The van der Waals surface area contributed by atoms with E-state index in [4.69, 9.17) is 0 Å². The van der Waals surface area contributed by atoms with Crippen LogP contribution in [0.25, 0.3) is 0 Å². The molecule has 96 valence electrons. The SMILES string of the molecule is CC1CCC(C(C#N)NC2CCCCC2)CC1. The Hall–Kier alpha value is -0.550. The predicted molar refractivity (Wildman–Crippen MR) is 70.5 cm³/mol. The molecule has 2 saturated carbocycles. The van der Waals surface area contributed by atoms with Gasteiger partial charge in [-0.25, -0.2) is 0 Å². The van der Waals surface area contributed by atoms with Crippen LogP contribution in [-0.2, 0) is 0 Å². The molecule has 0 aromatic carbocycles. The third-order valence-electron chi connectivity index (χ3n) is 4.69. The van der Waals surface area contributed by atoms with Crippen LogP contribution in [0, 0.1) is 23.2 Å². The average Bonchev–Trinajstić information content (AvgIpc) is 2.38. The first-order chi connectivity index (χ1) is 8.29. The molecule has 1 N–H and O–H groups in total. The molecule has 0 aromatic heterocycles. The fourth-order valence-electron chi connectivity index (χ4n) is 3.42. The first-order valence-electron chi connectivity index (χ1n) is 7.45. The molecule has 1 unspecified atom stereocenters. The van der Waals surface area contributed by atoms with E-state index in [2.05, 4.69) is 18.3 Å². The maximum absolute atomic E-state index is 9.36. The van der Waals surface area contributed by atoms with Crippen LogP contribution >= 0.6 is 0 Å². The molecular weight excluding hydrogens is 208 g/mol. The summed E-state index contributed by atoms with van der Waals surface area (Å²) in [5, 5.41) is 13.0. The van der Waals surface area contributed by atoms with E-state index in [0.717, 1.165) is 5.92 Å². The molecule has 0 heterocycles. The summed E-state index contributed by atoms with van der Waals surface area (Å²) in [5.41, 5.74) is 0. The molecule has 17 heavy (non-hydrogen) atoms.